The number of hydrogen-bond acceptors (Lipinski definition) is 4. The summed E-state index contributed by atoms with van der Waals surface area (Å²) in [5, 5.41) is 3.37. The third-order valence-electron chi connectivity index (χ3n) is 3.82. The molecule has 1 saturated carbocycles. The molecule has 2 rings (SSSR count). The zero-order valence-corrected chi connectivity index (χ0v) is 12.1. The van der Waals surface area contributed by atoms with Crippen LogP contribution in [0.4, 0.5) is 5.95 Å². The van der Waals surface area contributed by atoms with Crippen molar-refractivity contribution in [1.82, 2.24) is 9.97 Å². The number of hydrogen-bond donors (Lipinski definition) is 1. The molecule has 106 valence electrons. The standard InChI is InChI=1S/C15H25N3O/c1-3-11-19-13-7-10-16-14(18-13)17-12-15(2)8-5-4-6-9-15/h7,10H,3-6,8-9,11-12H2,1-2H3,(H,16,17,18). The lowest BCUT2D eigenvalue weighted by Crippen LogP contribution is -2.29. The summed E-state index contributed by atoms with van der Waals surface area (Å²) in [7, 11) is 0. The van der Waals surface area contributed by atoms with Crippen LogP contribution in [0.3, 0.4) is 0 Å². The van der Waals surface area contributed by atoms with Crippen molar-refractivity contribution in [3.63, 3.8) is 0 Å². The maximum Gasteiger partial charge on any atom is 0.225 e. The molecule has 1 heterocycles. The zero-order chi connectivity index (χ0) is 13.6. The van der Waals surface area contributed by atoms with Gasteiger partial charge in [-0.25, -0.2) is 4.98 Å². The van der Waals surface area contributed by atoms with Crippen LogP contribution in [0.1, 0.15) is 52.4 Å². The first kappa shape index (κ1) is 14.1. The molecule has 1 aliphatic carbocycles. The van der Waals surface area contributed by atoms with Crippen molar-refractivity contribution in [3.05, 3.63) is 12.3 Å². The molecule has 0 amide bonds. The molecule has 0 bridgehead atoms. The van der Waals surface area contributed by atoms with E-state index in [1.807, 2.05) is 6.07 Å². The monoisotopic (exact) mass is 263 g/mol. The molecule has 0 aromatic carbocycles. The molecule has 1 fully saturated rings. The second-order valence-electron chi connectivity index (χ2n) is 5.79. The van der Waals surface area contributed by atoms with Crippen LogP contribution in [-0.2, 0) is 0 Å². The van der Waals surface area contributed by atoms with Gasteiger partial charge in [-0.3, -0.25) is 0 Å². The minimum Gasteiger partial charge on any atom is -0.478 e. The van der Waals surface area contributed by atoms with E-state index < -0.39 is 0 Å². The summed E-state index contributed by atoms with van der Waals surface area (Å²) < 4.78 is 5.52. The number of aromatic nitrogens is 2. The van der Waals surface area contributed by atoms with E-state index in [9.17, 15) is 0 Å². The van der Waals surface area contributed by atoms with E-state index in [0.29, 0.717) is 23.9 Å². The molecule has 1 aromatic heterocycles. The Bertz CT molecular complexity index is 389. The van der Waals surface area contributed by atoms with E-state index in [4.69, 9.17) is 4.74 Å². The first-order chi connectivity index (χ1) is 9.22. The van der Waals surface area contributed by atoms with Gasteiger partial charge in [0.15, 0.2) is 0 Å². The molecule has 1 aromatic rings. The molecular weight excluding hydrogens is 238 g/mol. The van der Waals surface area contributed by atoms with Crippen LogP contribution in [0.15, 0.2) is 12.3 Å². The second-order valence-corrected chi connectivity index (χ2v) is 5.79. The van der Waals surface area contributed by atoms with Gasteiger partial charge in [-0.05, 0) is 24.7 Å². The topological polar surface area (TPSA) is 47.0 Å². The highest BCUT2D eigenvalue weighted by Crippen LogP contribution is 2.35. The fraction of sp³-hybridized carbons (Fsp3) is 0.733. The highest BCUT2D eigenvalue weighted by molar-refractivity contribution is 5.27. The number of rotatable bonds is 6. The summed E-state index contributed by atoms with van der Waals surface area (Å²) in [6.07, 6.45) is 9.41. The Morgan fingerprint density at radius 3 is 2.84 bits per heavy atom. The molecule has 0 aliphatic heterocycles. The largest absolute Gasteiger partial charge is 0.478 e. The molecule has 0 radical (unpaired) electrons. The van der Waals surface area contributed by atoms with Gasteiger partial charge >= 0.3 is 0 Å². The molecule has 4 heteroatoms. The van der Waals surface area contributed by atoms with Crippen LogP contribution in [0, 0.1) is 5.41 Å². The maximum atomic E-state index is 5.52. The molecule has 0 atom stereocenters. The van der Waals surface area contributed by atoms with Crippen molar-refractivity contribution in [2.24, 2.45) is 5.41 Å². The quantitative estimate of drug-likeness (QED) is 0.851. The van der Waals surface area contributed by atoms with E-state index in [0.717, 1.165) is 13.0 Å². The van der Waals surface area contributed by atoms with Crippen LogP contribution >= 0.6 is 0 Å². The molecule has 19 heavy (non-hydrogen) atoms. The Morgan fingerprint density at radius 2 is 2.11 bits per heavy atom. The minimum absolute atomic E-state index is 0.391. The SMILES string of the molecule is CCCOc1ccnc(NCC2(C)CCCCC2)n1. The van der Waals surface area contributed by atoms with Gasteiger partial charge in [0.05, 0.1) is 6.61 Å². The van der Waals surface area contributed by atoms with Gasteiger partial charge in [0.25, 0.3) is 0 Å². The first-order valence-corrected chi connectivity index (χ1v) is 7.42. The van der Waals surface area contributed by atoms with Gasteiger partial charge in [-0.2, -0.15) is 4.98 Å². The van der Waals surface area contributed by atoms with Crippen molar-refractivity contribution in [1.29, 1.82) is 0 Å². The number of ether oxygens (including phenoxy) is 1. The summed E-state index contributed by atoms with van der Waals surface area (Å²) in [4.78, 5) is 8.64. The summed E-state index contributed by atoms with van der Waals surface area (Å²) in [5.41, 5.74) is 0.391. The summed E-state index contributed by atoms with van der Waals surface area (Å²) in [6.45, 7) is 6.10. The Labute approximate surface area is 116 Å². The van der Waals surface area contributed by atoms with Crippen LogP contribution in [0.2, 0.25) is 0 Å². The highest BCUT2D eigenvalue weighted by Gasteiger charge is 2.26. The molecule has 0 unspecified atom stereocenters. The van der Waals surface area contributed by atoms with Gasteiger partial charge in [-0.15, -0.1) is 0 Å². The average molecular weight is 263 g/mol. The first-order valence-electron chi connectivity index (χ1n) is 7.42. The van der Waals surface area contributed by atoms with E-state index in [1.165, 1.54) is 32.1 Å². The number of nitrogens with zero attached hydrogens (tertiary/aromatic N) is 2. The Balaban J connectivity index is 1.88. The van der Waals surface area contributed by atoms with Gasteiger partial charge in [0.2, 0.25) is 11.8 Å². The maximum absolute atomic E-state index is 5.52. The smallest absolute Gasteiger partial charge is 0.225 e. The molecule has 0 spiro atoms. The molecule has 0 saturated heterocycles. The lowest BCUT2D eigenvalue weighted by atomic mass is 9.76. The average Bonchev–Trinajstić information content (AvgIpc) is 2.44. The van der Waals surface area contributed by atoms with Gasteiger partial charge in [0, 0.05) is 18.8 Å². The third-order valence-corrected chi connectivity index (χ3v) is 3.82. The van der Waals surface area contributed by atoms with Crippen molar-refractivity contribution in [2.75, 3.05) is 18.5 Å². The van der Waals surface area contributed by atoms with Crippen LogP contribution in [0.5, 0.6) is 5.88 Å². The van der Waals surface area contributed by atoms with Crippen molar-refractivity contribution in [3.8, 4) is 5.88 Å². The highest BCUT2D eigenvalue weighted by atomic mass is 16.5. The van der Waals surface area contributed by atoms with E-state index in [1.54, 1.807) is 6.20 Å². The van der Waals surface area contributed by atoms with Crippen LogP contribution < -0.4 is 10.1 Å². The van der Waals surface area contributed by atoms with E-state index in [-0.39, 0.29) is 0 Å². The molecule has 1 aliphatic rings. The van der Waals surface area contributed by atoms with Crippen molar-refractivity contribution >= 4 is 5.95 Å². The summed E-state index contributed by atoms with van der Waals surface area (Å²) >= 11 is 0. The van der Waals surface area contributed by atoms with E-state index >= 15 is 0 Å². The van der Waals surface area contributed by atoms with Crippen LogP contribution in [-0.4, -0.2) is 23.1 Å². The van der Waals surface area contributed by atoms with Gasteiger partial charge in [0.1, 0.15) is 0 Å². The lowest BCUT2D eigenvalue weighted by Gasteiger charge is -2.33. The molecular formula is C15H25N3O. The fourth-order valence-electron chi connectivity index (χ4n) is 2.59. The number of nitrogens with one attached hydrogen (secondary N) is 1. The summed E-state index contributed by atoms with van der Waals surface area (Å²) in [6, 6.07) is 1.81. The second kappa shape index (κ2) is 6.73. The predicted octanol–water partition coefficient (Wildman–Crippen LogP) is 3.65. The Kier molecular flexibility index (Phi) is 5.00. The minimum atomic E-state index is 0.391. The van der Waals surface area contributed by atoms with Gasteiger partial charge < -0.3 is 10.1 Å². The van der Waals surface area contributed by atoms with E-state index in [2.05, 4.69) is 29.1 Å². The Morgan fingerprint density at radius 1 is 1.32 bits per heavy atom. The molecule has 1 N–H and O–H groups in total. The number of anilines is 1. The van der Waals surface area contributed by atoms with Crippen LogP contribution in [0.25, 0.3) is 0 Å². The summed E-state index contributed by atoms with van der Waals surface area (Å²) in [5.74, 6) is 1.34. The third kappa shape index (κ3) is 4.37. The Hall–Kier alpha value is -1.32. The lowest BCUT2D eigenvalue weighted by molar-refractivity contribution is 0.233. The zero-order valence-electron chi connectivity index (χ0n) is 12.1. The predicted molar refractivity (Wildman–Crippen MR) is 77.5 cm³/mol. The fourth-order valence-corrected chi connectivity index (χ4v) is 2.59. The normalized spacial score (nSPS) is 18.0. The van der Waals surface area contributed by atoms with Crippen molar-refractivity contribution in [2.45, 2.75) is 52.4 Å². The van der Waals surface area contributed by atoms with Gasteiger partial charge in [-0.1, -0.05) is 33.1 Å². The molecule has 4 nitrogen and oxygen atoms in total. The van der Waals surface area contributed by atoms with Crippen molar-refractivity contribution < 1.29 is 4.74 Å².